The van der Waals surface area contributed by atoms with Crippen molar-refractivity contribution in [2.75, 3.05) is 6.61 Å². The van der Waals surface area contributed by atoms with Gasteiger partial charge in [-0.25, -0.2) is 4.98 Å². The molecule has 2 atom stereocenters. The van der Waals surface area contributed by atoms with Crippen LogP contribution in [0.2, 0.25) is 0 Å². The fourth-order valence-electron chi connectivity index (χ4n) is 5.28. The first-order chi connectivity index (χ1) is 17.7. The number of hydrogen-bond donors (Lipinski definition) is 0. The van der Waals surface area contributed by atoms with Crippen molar-refractivity contribution in [3.05, 3.63) is 96.4 Å². The van der Waals surface area contributed by atoms with Crippen LogP contribution in [-0.4, -0.2) is 17.6 Å². The summed E-state index contributed by atoms with van der Waals surface area (Å²) >= 11 is 0. The van der Waals surface area contributed by atoms with Gasteiger partial charge in [0.1, 0.15) is 18.1 Å². The zero-order chi connectivity index (χ0) is 24.7. The molecule has 1 aliphatic rings. The molecule has 0 spiro atoms. The van der Waals surface area contributed by atoms with Crippen LogP contribution in [-0.2, 0) is 17.6 Å². The molecule has 1 saturated carbocycles. The minimum absolute atomic E-state index is 0. The Bertz CT molecular complexity index is 1230. The number of carboxylic acids is 1. The summed E-state index contributed by atoms with van der Waals surface area (Å²) in [6.45, 7) is -0.437. The van der Waals surface area contributed by atoms with Crippen molar-refractivity contribution < 1.29 is 48.6 Å². The van der Waals surface area contributed by atoms with Gasteiger partial charge in [0.2, 0.25) is 0 Å². The summed E-state index contributed by atoms with van der Waals surface area (Å²) in [4.78, 5) is 15.7. The summed E-state index contributed by atoms with van der Waals surface area (Å²) in [6.07, 6.45) is 6.47. The van der Waals surface area contributed by atoms with E-state index in [9.17, 15) is 9.90 Å². The smallest absolute Gasteiger partial charge is 0.546 e. The fraction of sp³-hybridized carbons (Fsp3) is 0.290. The molecule has 0 N–H and O–H groups in total. The summed E-state index contributed by atoms with van der Waals surface area (Å²) in [6, 6.07) is 28.1. The van der Waals surface area contributed by atoms with Gasteiger partial charge in [0.05, 0.1) is 5.97 Å². The van der Waals surface area contributed by atoms with Crippen LogP contribution in [0.4, 0.5) is 0 Å². The van der Waals surface area contributed by atoms with Gasteiger partial charge in [-0.3, -0.25) is 0 Å². The summed E-state index contributed by atoms with van der Waals surface area (Å²) in [5.41, 5.74) is 4.13. The summed E-state index contributed by atoms with van der Waals surface area (Å²) in [7, 11) is 0. The number of carbonyl (C=O) groups is 1. The Morgan fingerprint density at radius 2 is 1.51 bits per heavy atom. The predicted molar refractivity (Wildman–Crippen MR) is 137 cm³/mol. The molecule has 0 aliphatic heterocycles. The number of ether oxygens (including phenoxy) is 1. The van der Waals surface area contributed by atoms with Crippen molar-refractivity contribution in [3.63, 3.8) is 0 Å². The Morgan fingerprint density at radius 1 is 0.865 bits per heavy atom. The van der Waals surface area contributed by atoms with Crippen LogP contribution in [0.3, 0.4) is 0 Å². The third kappa shape index (κ3) is 7.13. The Labute approximate surface area is 240 Å². The second kappa shape index (κ2) is 13.1. The Hall–Kier alpha value is -2.86. The summed E-state index contributed by atoms with van der Waals surface area (Å²) in [5, 5.41) is 10.7. The van der Waals surface area contributed by atoms with E-state index in [4.69, 9.17) is 14.1 Å². The van der Waals surface area contributed by atoms with E-state index < -0.39 is 12.6 Å². The second-order valence-corrected chi connectivity index (χ2v) is 9.54. The standard InChI is InChI=1S/C31H31NO4.Na/c33-29(34)21-35-27-17-9-10-22(19-27)18-25-15-7-8-16-26(25)20-28-32-30(23-11-3-1-4-12-23)31(36-28)24-13-5-2-6-14-24;/h1-6,9-14,17,19,25-26H,7-8,15-16,18,20-21H2,(H,33,34);/q;+1/p-1. The van der Waals surface area contributed by atoms with Crippen molar-refractivity contribution in [2.24, 2.45) is 11.8 Å². The number of nitrogens with zero attached hydrogens (tertiary/aromatic N) is 1. The molecule has 5 nitrogen and oxygen atoms in total. The van der Waals surface area contributed by atoms with Crippen molar-refractivity contribution in [1.29, 1.82) is 0 Å². The number of carboxylic acid groups (broad SMARTS) is 1. The van der Waals surface area contributed by atoms with E-state index in [1.807, 2.05) is 48.5 Å². The molecule has 1 fully saturated rings. The maximum atomic E-state index is 10.7. The van der Waals surface area contributed by atoms with E-state index in [1.165, 1.54) is 12.8 Å². The van der Waals surface area contributed by atoms with Crippen molar-refractivity contribution in [3.8, 4) is 28.3 Å². The monoisotopic (exact) mass is 503 g/mol. The van der Waals surface area contributed by atoms with Crippen LogP contribution in [0.5, 0.6) is 5.75 Å². The molecule has 1 aliphatic carbocycles. The van der Waals surface area contributed by atoms with Crippen LogP contribution in [0.25, 0.3) is 22.6 Å². The van der Waals surface area contributed by atoms with Gasteiger partial charge >= 0.3 is 29.6 Å². The quantitative estimate of drug-likeness (QED) is 0.329. The zero-order valence-corrected chi connectivity index (χ0v) is 23.3. The van der Waals surface area contributed by atoms with E-state index in [1.54, 1.807) is 6.07 Å². The van der Waals surface area contributed by atoms with Gasteiger partial charge in [0, 0.05) is 17.5 Å². The van der Waals surface area contributed by atoms with E-state index in [2.05, 4.69) is 30.3 Å². The molecule has 2 unspecified atom stereocenters. The van der Waals surface area contributed by atoms with Gasteiger partial charge in [-0.05, 0) is 48.8 Å². The third-order valence-electron chi connectivity index (χ3n) is 7.01. The molecule has 6 heteroatoms. The summed E-state index contributed by atoms with van der Waals surface area (Å²) < 4.78 is 11.8. The zero-order valence-electron chi connectivity index (χ0n) is 21.3. The average molecular weight is 504 g/mol. The van der Waals surface area contributed by atoms with Gasteiger partial charge < -0.3 is 19.1 Å². The fourth-order valence-corrected chi connectivity index (χ4v) is 5.28. The number of aromatic nitrogens is 1. The van der Waals surface area contributed by atoms with Crippen molar-refractivity contribution in [2.45, 2.75) is 38.5 Å². The maximum absolute atomic E-state index is 10.7. The van der Waals surface area contributed by atoms with E-state index in [0.29, 0.717) is 17.6 Å². The largest absolute Gasteiger partial charge is 1.00 e. The SMILES string of the molecule is O=C([O-])COc1cccc(CC2CCCCC2Cc2nc(-c3ccccc3)c(-c3ccccc3)o2)c1.[Na+]. The van der Waals surface area contributed by atoms with Crippen molar-refractivity contribution in [1.82, 2.24) is 4.98 Å². The molecule has 184 valence electrons. The molecule has 0 saturated heterocycles. The van der Waals surface area contributed by atoms with Crippen molar-refractivity contribution >= 4 is 5.97 Å². The molecule has 0 amide bonds. The van der Waals surface area contributed by atoms with Gasteiger partial charge in [-0.2, -0.15) is 0 Å². The maximum Gasteiger partial charge on any atom is 1.00 e. The molecule has 0 bridgehead atoms. The van der Waals surface area contributed by atoms with Gasteiger partial charge in [-0.15, -0.1) is 0 Å². The van der Waals surface area contributed by atoms with Gasteiger partial charge in [0.15, 0.2) is 11.7 Å². The summed E-state index contributed by atoms with van der Waals surface area (Å²) in [5.74, 6) is 1.93. The minimum atomic E-state index is -1.22. The average Bonchev–Trinajstić information content (AvgIpc) is 3.34. The molecule has 1 aromatic heterocycles. The van der Waals surface area contributed by atoms with Crippen LogP contribution in [0.15, 0.2) is 89.3 Å². The molecular weight excluding hydrogens is 473 g/mol. The number of hydrogen-bond acceptors (Lipinski definition) is 5. The van der Waals surface area contributed by atoms with E-state index >= 15 is 0 Å². The molecule has 5 rings (SSSR count). The predicted octanol–water partition coefficient (Wildman–Crippen LogP) is 2.73. The first-order valence-electron chi connectivity index (χ1n) is 12.7. The number of oxazole rings is 1. The third-order valence-corrected chi connectivity index (χ3v) is 7.01. The van der Waals surface area contributed by atoms with Crippen LogP contribution in [0, 0.1) is 11.8 Å². The topological polar surface area (TPSA) is 75.4 Å². The van der Waals surface area contributed by atoms with Crippen LogP contribution < -0.4 is 39.4 Å². The number of benzene rings is 3. The Kier molecular flexibility index (Phi) is 9.62. The molecule has 37 heavy (non-hydrogen) atoms. The normalized spacial score (nSPS) is 17.1. The van der Waals surface area contributed by atoms with Crippen LogP contribution in [0.1, 0.15) is 37.1 Å². The van der Waals surface area contributed by atoms with E-state index in [-0.39, 0.29) is 29.6 Å². The van der Waals surface area contributed by atoms with Crippen LogP contribution >= 0.6 is 0 Å². The van der Waals surface area contributed by atoms with Gasteiger partial charge in [-0.1, -0.05) is 85.6 Å². The van der Waals surface area contributed by atoms with E-state index in [0.717, 1.165) is 59.7 Å². The molecular formula is C31H30NNaO4. The van der Waals surface area contributed by atoms with Gasteiger partial charge in [0.25, 0.3) is 0 Å². The molecule has 0 radical (unpaired) electrons. The first-order valence-corrected chi connectivity index (χ1v) is 12.7. The number of aliphatic carboxylic acids is 1. The molecule has 1 heterocycles. The molecule has 3 aromatic carbocycles. The minimum Gasteiger partial charge on any atom is -0.546 e. The Morgan fingerprint density at radius 3 is 2.19 bits per heavy atom. The molecule has 4 aromatic rings. The number of carbonyl (C=O) groups excluding carboxylic acids is 1. The first kappa shape index (κ1) is 27.2. The second-order valence-electron chi connectivity index (χ2n) is 9.54. The number of rotatable bonds is 9. The Balaban J connectivity index is 0.00000320.